The van der Waals surface area contributed by atoms with E-state index in [1.807, 2.05) is 0 Å². The van der Waals surface area contributed by atoms with Gasteiger partial charge >= 0.3 is 6.03 Å². The summed E-state index contributed by atoms with van der Waals surface area (Å²) in [7, 11) is 0. The highest BCUT2D eigenvalue weighted by Crippen LogP contribution is 2.23. The van der Waals surface area contributed by atoms with E-state index >= 15 is 0 Å². The normalized spacial score (nSPS) is 14.7. The summed E-state index contributed by atoms with van der Waals surface area (Å²) in [6.07, 6.45) is 1.44. The largest absolute Gasteiger partial charge is 0.322 e. The van der Waals surface area contributed by atoms with Gasteiger partial charge in [-0.2, -0.15) is 0 Å². The summed E-state index contributed by atoms with van der Waals surface area (Å²) in [5.74, 6) is -0.0799. The number of aromatic nitrogens is 1. The van der Waals surface area contributed by atoms with Crippen LogP contribution in [-0.2, 0) is 0 Å². The molecule has 154 valence electrons. The Morgan fingerprint density at radius 2 is 1.69 bits per heavy atom. The van der Waals surface area contributed by atoms with Gasteiger partial charge in [-0.05, 0) is 44.2 Å². The molecule has 0 saturated carbocycles. The van der Waals surface area contributed by atoms with Crippen molar-refractivity contribution in [3.05, 3.63) is 52.1 Å². The highest BCUT2D eigenvalue weighted by atomic mass is 35.5. The molecule has 1 aromatic heterocycles. The van der Waals surface area contributed by atoms with Gasteiger partial charge in [-0.15, -0.1) is 0 Å². The maximum absolute atomic E-state index is 12.7. The summed E-state index contributed by atoms with van der Waals surface area (Å²) in [5.41, 5.74) is 0.639. The minimum Gasteiger partial charge on any atom is -0.322 e. The third-order valence-electron chi connectivity index (χ3n) is 4.77. The summed E-state index contributed by atoms with van der Waals surface area (Å²) < 4.78 is 0. The number of urea groups is 1. The molecule has 29 heavy (non-hydrogen) atoms. The molecule has 0 radical (unpaired) electrons. The maximum atomic E-state index is 12.7. The van der Waals surface area contributed by atoms with Gasteiger partial charge in [-0.3, -0.25) is 9.69 Å². The Morgan fingerprint density at radius 1 is 1.00 bits per heavy atom. The first-order valence-electron chi connectivity index (χ1n) is 9.36. The van der Waals surface area contributed by atoms with E-state index in [4.69, 9.17) is 23.2 Å². The van der Waals surface area contributed by atoms with Crippen LogP contribution in [0.2, 0.25) is 10.0 Å². The number of carbonyl (C=O) groups is 2. The van der Waals surface area contributed by atoms with Crippen LogP contribution >= 0.6 is 23.2 Å². The molecule has 3 rings (SSSR count). The van der Waals surface area contributed by atoms with Gasteiger partial charge in [0.2, 0.25) is 0 Å². The molecular formula is C20H23Cl2N5O2. The Bertz CT molecular complexity index is 881. The molecule has 2 heterocycles. The fraction of sp³-hybridized carbons (Fsp3) is 0.350. The lowest BCUT2D eigenvalue weighted by molar-refractivity contribution is 0.102. The van der Waals surface area contributed by atoms with Gasteiger partial charge in [0.25, 0.3) is 5.91 Å². The average molecular weight is 436 g/mol. The molecule has 0 atom stereocenters. The van der Waals surface area contributed by atoms with Crippen LogP contribution in [0.5, 0.6) is 0 Å². The molecule has 1 aromatic carbocycles. The van der Waals surface area contributed by atoms with E-state index in [1.54, 1.807) is 29.2 Å². The summed E-state index contributed by atoms with van der Waals surface area (Å²) in [5, 5.41) is 6.38. The lowest BCUT2D eigenvalue weighted by atomic mass is 10.1. The van der Waals surface area contributed by atoms with Crippen LogP contribution in [-0.4, -0.2) is 58.9 Å². The summed E-state index contributed by atoms with van der Waals surface area (Å²) >= 11 is 11.9. The molecule has 0 aliphatic carbocycles. The Hall–Kier alpha value is -2.35. The van der Waals surface area contributed by atoms with Crippen LogP contribution in [0.25, 0.3) is 0 Å². The molecule has 1 aliphatic rings. The SMILES string of the molecule is CC(C)N1CCN(C(=O)Nc2ccc(Cl)cc2C(=O)Nc2ccc(Cl)cn2)CC1. The van der Waals surface area contributed by atoms with Crippen molar-refractivity contribution in [3.63, 3.8) is 0 Å². The number of nitrogens with zero attached hydrogens (tertiary/aromatic N) is 3. The lowest BCUT2D eigenvalue weighted by Crippen LogP contribution is -2.51. The van der Waals surface area contributed by atoms with Crippen LogP contribution in [0.4, 0.5) is 16.3 Å². The second kappa shape index (κ2) is 9.43. The molecule has 1 saturated heterocycles. The molecule has 2 aromatic rings. The van der Waals surface area contributed by atoms with Crippen LogP contribution in [0.1, 0.15) is 24.2 Å². The summed E-state index contributed by atoms with van der Waals surface area (Å²) in [4.78, 5) is 33.6. The van der Waals surface area contributed by atoms with Gasteiger partial charge < -0.3 is 15.5 Å². The van der Waals surface area contributed by atoms with E-state index < -0.39 is 5.91 Å². The number of hydrogen-bond acceptors (Lipinski definition) is 4. The Morgan fingerprint density at radius 3 is 2.31 bits per heavy atom. The molecule has 0 spiro atoms. The third kappa shape index (κ3) is 5.59. The Kier molecular flexibility index (Phi) is 6.95. The molecule has 7 nitrogen and oxygen atoms in total. The number of halogens is 2. The van der Waals surface area contributed by atoms with E-state index in [0.717, 1.165) is 13.1 Å². The van der Waals surface area contributed by atoms with Gasteiger partial charge in [-0.1, -0.05) is 23.2 Å². The van der Waals surface area contributed by atoms with Gasteiger partial charge in [-0.25, -0.2) is 9.78 Å². The number of hydrogen-bond donors (Lipinski definition) is 2. The summed E-state index contributed by atoms with van der Waals surface area (Å²) in [6, 6.07) is 8.19. The first-order valence-corrected chi connectivity index (χ1v) is 10.1. The van der Waals surface area contributed by atoms with E-state index in [9.17, 15) is 9.59 Å². The van der Waals surface area contributed by atoms with Crippen LogP contribution in [0.3, 0.4) is 0 Å². The number of rotatable bonds is 4. The summed E-state index contributed by atoms with van der Waals surface area (Å²) in [6.45, 7) is 7.19. The first-order chi connectivity index (χ1) is 13.8. The number of piperazine rings is 1. The fourth-order valence-corrected chi connectivity index (χ4v) is 3.37. The van der Waals surface area contributed by atoms with Crippen molar-refractivity contribution in [1.82, 2.24) is 14.8 Å². The quantitative estimate of drug-likeness (QED) is 0.753. The van der Waals surface area contributed by atoms with Crippen molar-refractivity contribution in [2.45, 2.75) is 19.9 Å². The minimum atomic E-state index is -0.428. The van der Waals surface area contributed by atoms with E-state index in [0.29, 0.717) is 40.7 Å². The zero-order valence-electron chi connectivity index (χ0n) is 16.3. The predicted octanol–water partition coefficient (Wildman–Crippen LogP) is 4.20. The van der Waals surface area contributed by atoms with E-state index in [2.05, 4.69) is 34.4 Å². The highest BCUT2D eigenvalue weighted by molar-refractivity contribution is 6.31. The second-order valence-electron chi connectivity index (χ2n) is 7.05. The maximum Gasteiger partial charge on any atom is 0.321 e. The Labute approximate surface area is 180 Å². The van der Waals surface area contributed by atoms with E-state index in [-0.39, 0.29) is 11.6 Å². The monoisotopic (exact) mass is 435 g/mol. The number of benzene rings is 1. The number of amides is 3. The standard InChI is InChI=1S/C20H23Cl2N5O2/c1-13(2)26-7-9-27(10-8-26)20(29)24-17-5-3-14(21)11-16(17)19(28)25-18-6-4-15(22)12-23-18/h3-6,11-13H,7-10H2,1-2H3,(H,24,29)(H,23,25,28). The highest BCUT2D eigenvalue weighted by Gasteiger charge is 2.23. The lowest BCUT2D eigenvalue weighted by Gasteiger charge is -2.36. The zero-order valence-corrected chi connectivity index (χ0v) is 17.8. The van der Waals surface area contributed by atoms with Crippen LogP contribution < -0.4 is 10.6 Å². The molecule has 1 aliphatic heterocycles. The number of nitrogens with one attached hydrogen (secondary N) is 2. The topological polar surface area (TPSA) is 77.6 Å². The van der Waals surface area contributed by atoms with Crippen molar-refractivity contribution < 1.29 is 9.59 Å². The van der Waals surface area contributed by atoms with Crippen molar-refractivity contribution in [3.8, 4) is 0 Å². The molecule has 3 amide bonds. The van der Waals surface area contributed by atoms with E-state index in [1.165, 1.54) is 12.3 Å². The van der Waals surface area contributed by atoms with Crippen molar-refractivity contribution in [1.29, 1.82) is 0 Å². The second-order valence-corrected chi connectivity index (χ2v) is 7.93. The zero-order chi connectivity index (χ0) is 21.0. The van der Waals surface area contributed by atoms with Crippen molar-refractivity contribution in [2.24, 2.45) is 0 Å². The van der Waals surface area contributed by atoms with Crippen LogP contribution in [0.15, 0.2) is 36.5 Å². The van der Waals surface area contributed by atoms with Gasteiger partial charge in [0.1, 0.15) is 5.82 Å². The van der Waals surface area contributed by atoms with Crippen molar-refractivity contribution >= 4 is 46.6 Å². The number of anilines is 2. The van der Waals surface area contributed by atoms with Gasteiger partial charge in [0.15, 0.2) is 0 Å². The smallest absolute Gasteiger partial charge is 0.321 e. The van der Waals surface area contributed by atoms with Gasteiger partial charge in [0, 0.05) is 43.4 Å². The minimum absolute atomic E-state index is 0.241. The molecule has 2 N–H and O–H groups in total. The first kappa shape index (κ1) is 21.4. The van der Waals surface area contributed by atoms with Crippen molar-refractivity contribution in [2.75, 3.05) is 36.8 Å². The third-order valence-corrected chi connectivity index (χ3v) is 5.23. The molecule has 1 fully saturated rings. The Balaban J connectivity index is 1.70. The molecular weight excluding hydrogens is 413 g/mol. The molecule has 0 bridgehead atoms. The number of pyridine rings is 1. The van der Waals surface area contributed by atoms with Crippen LogP contribution in [0, 0.1) is 0 Å². The average Bonchev–Trinajstić information content (AvgIpc) is 2.71. The molecule has 9 heteroatoms. The van der Waals surface area contributed by atoms with Gasteiger partial charge in [0.05, 0.1) is 16.3 Å². The fourth-order valence-electron chi connectivity index (χ4n) is 3.08. The predicted molar refractivity (Wildman–Crippen MR) is 116 cm³/mol. The molecule has 0 unspecified atom stereocenters. The number of carbonyl (C=O) groups excluding carboxylic acids is 2.